The van der Waals surface area contributed by atoms with E-state index in [2.05, 4.69) is 45.0 Å². The van der Waals surface area contributed by atoms with Crippen LogP contribution in [0.1, 0.15) is 18.1 Å². The Morgan fingerprint density at radius 1 is 1.10 bits per heavy atom. The summed E-state index contributed by atoms with van der Waals surface area (Å²) in [6, 6.07) is 16.1. The first-order valence-corrected chi connectivity index (χ1v) is 9.55. The Bertz CT molecular complexity index is 944. The molecule has 3 rings (SSSR count). The van der Waals surface area contributed by atoms with Gasteiger partial charge in [-0.1, -0.05) is 24.3 Å². The van der Waals surface area contributed by atoms with Crippen molar-refractivity contribution in [1.82, 2.24) is 15.1 Å². The molecule has 0 spiro atoms. The van der Waals surface area contributed by atoms with Gasteiger partial charge in [-0.25, -0.2) is 0 Å². The van der Waals surface area contributed by atoms with Crippen molar-refractivity contribution in [1.29, 1.82) is 0 Å². The SMILES string of the molecule is CCOc1cc(NC(=NC)NCc2cccc(Cn3cccn3)c2)ccc1OC.I. The van der Waals surface area contributed by atoms with Gasteiger partial charge in [-0.3, -0.25) is 9.67 Å². The van der Waals surface area contributed by atoms with E-state index >= 15 is 0 Å². The molecule has 8 heteroatoms. The second kappa shape index (κ2) is 12.1. The maximum atomic E-state index is 5.64. The summed E-state index contributed by atoms with van der Waals surface area (Å²) in [7, 11) is 3.38. The first-order chi connectivity index (χ1) is 14.2. The van der Waals surface area contributed by atoms with Crippen molar-refractivity contribution in [3.05, 3.63) is 72.1 Å². The van der Waals surface area contributed by atoms with Gasteiger partial charge in [0.1, 0.15) is 0 Å². The van der Waals surface area contributed by atoms with Gasteiger partial charge < -0.3 is 20.1 Å². The molecule has 0 saturated heterocycles. The van der Waals surface area contributed by atoms with Crippen molar-refractivity contribution in [2.75, 3.05) is 26.1 Å². The molecule has 2 aromatic carbocycles. The van der Waals surface area contributed by atoms with Gasteiger partial charge in [-0.05, 0) is 36.2 Å². The van der Waals surface area contributed by atoms with Crippen molar-refractivity contribution in [3.8, 4) is 11.5 Å². The number of halogens is 1. The number of benzene rings is 2. The highest BCUT2D eigenvalue weighted by Crippen LogP contribution is 2.30. The summed E-state index contributed by atoms with van der Waals surface area (Å²) in [5, 5.41) is 10.9. The fraction of sp³-hybridized carbons (Fsp3) is 0.273. The monoisotopic (exact) mass is 521 g/mol. The standard InChI is InChI=1S/C22H27N5O2.HI/c1-4-29-21-14-19(9-10-20(21)28-3)26-22(23-2)24-15-17-7-5-8-18(13-17)16-27-12-6-11-25-27;/h5-14H,4,15-16H2,1-3H3,(H2,23,24,26);1H. The number of nitrogens with zero attached hydrogens (tertiary/aromatic N) is 3. The number of aliphatic imine (C=N–C) groups is 1. The van der Waals surface area contributed by atoms with Crippen LogP contribution < -0.4 is 20.1 Å². The summed E-state index contributed by atoms with van der Waals surface area (Å²) in [4.78, 5) is 4.31. The summed E-state index contributed by atoms with van der Waals surface area (Å²) < 4.78 is 12.9. The maximum Gasteiger partial charge on any atom is 0.195 e. The molecule has 0 aliphatic heterocycles. The predicted molar refractivity (Wildman–Crippen MR) is 131 cm³/mol. The lowest BCUT2D eigenvalue weighted by Gasteiger charge is -2.15. The van der Waals surface area contributed by atoms with E-state index in [4.69, 9.17) is 9.47 Å². The maximum absolute atomic E-state index is 5.64. The zero-order valence-corrected chi connectivity index (χ0v) is 19.8. The van der Waals surface area contributed by atoms with Crippen molar-refractivity contribution in [3.63, 3.8) is 0 Å². The smallest absolute Gasteiger partial charge is 0.195 e. The molecule has 1 aromatic heterocycles. The van der Waals surface area contributed by atoms with Crippen LogP contribution in [0.3, 0.4) is 0 Å². The van der Waals surface area contributed by atoms with Gasteiger partial charge in [0.15, 0.2) is 17.5 Å². The molecule has 0 amide bonds. The molecule has 0 atom stereocenters. The minimum Gasteiger partial charge on any atom is -0.493 e. The Balaban J connectivity index is 0.00000320. The Kier molecular flexibility index (Phi) is 9.46. The summed E-state index contributed by atoms with van der Waals surface area (Å²) in [5.74, 6) is 2.08. The fourth-order valence-corrected chi connectivity index (χ4v) is 2.94. The molecule has 0 unspecified atom stereocenters. The molecule has 3 aromatic rings. The minimum absolute atomic E-state index is 0. The lowest BCUT2D eigenvalue weighted by Crippen LogP contribution is -2.30. The van der Waals surface area contributed by atoms with Crippen molar-refractivity contribution >= 4 is 35.6 Å². The van der Waals surface area contributed by atoms with E-state index in [-0.39, 0.29) is 24.0 Å². The normalized spacial score (nSPS) is 10.8. The molecule has 160 valence electrons. The number of methoxy groups -OCH3 is 1. The second-order valence-corrected chi connectivity index (χ2v) is 6.37. The summed E-state index contributed by atoms with van der Waals surface area (Å²) in [5.41, 5.74) is 3.24. The van der Waals surface area contributed by atoms with E-state index in [1.807, 2.05) is 42.1 Å². The zero-order valence-electron chi connectivity index (χ0n) is 17.5. The van der Waals surface area contributed by atoms with Crippen LogP contribution in [-0.4, -0.2) is 36.5 Å². The molecule has 0 aliphatic rings. The Morgan fingerprint density at radius 2 is 1.93 bits per heavy atom. The van der Waals surface area contributed by atoms with E-state index in [0.717, 1.165) is 12.2 Å². The van der Waals surface area contributed by atoms with Crippen LogP contribution in [0, 0.1) is 0 Å². The molecule has 1 heterocycles. The number of rotatable bonds is 8. The number of hydrogen-bond donors (Lipinski definition) is 2. The van der Waals surface area contributed by atoms with E-state index in [1.165, 1.54) is 11.1 Å². The lowest BCUT2D eigenvalue weighted by atomic mass is 10.1. The first-order valence-electron chi connectivity index (χ1n) is 9.55. The van der Waals surface area contributed by atoms with Gasteiger partial charge in [0.05, 0.1) is 20.3 Å². The topological polar surface area (TPSA) is 72.7 Å². The molecule has 7 nitrogen and oxygen atoms in total. The van der Waals surface area contributed by atoms with E-state index in [0.29, 0.717) is 30.6 Å². The largest absolute Gasteiger partial charge is 0.493 e. The van der Waals surface area contributed by atoms with Crippen molar-refractivity contribution in [2.45, 2.75) is 20.0 Å². The molecule has 0 aliphatic carbocycles. The highest BCUT2D eigenvalue weighted by atomic mass is 127. The minimum atomic E-state index is 0. The van der Waals surface area contributed by atoms with E-state index in [1.54, 1.807) is 20.4 Å². The van der Waals surface area contributed by atoms with Crippen molar-refractivity contribution < 1.29 is 9.47 Å². The molecule has 0 bridgehead atoms. The van der Waals surface area contributed by atoms with Crippen LogP contribution in [0.15, 0.2) is 65.9 Å². The van der Waals surface area contributed by atoms with Gasteiger partial charge in [0, 0.05) is 37.7 Å². The van der Waals surface area contributed by atoms with E-state index < -0.39 is 0 Å². The zero-order chi connectivity index (χ0) is 20.5. The van der Waals surface area contributed by atoms with Gasteiger partial charge >= 0.3 is 0 Å². The molecule has 2 N–H and O–H groups in total. The number of nitrogens with one attached hydrogen (secondary N) is 2. The third-order valence-corrected chi connectivity index (χ3v) is 4.30. The third kappa shape index (κ3) is 6.65. The Morgan fingerprint density at radius 3 is 2.63 bits per heavy atom. The van der Waals surface area contributed by atoms with Crippen LogP contribution in [0.5, 0.6) is 11.5 Å². The predicted octanol–water partition coefficient (Wildman–Crippen LogP) is 4.14. The van der Waals surface area contributed by atoms with Crippen LogP contribution in [0.2, 0.25) is 0 Å². The van der Waals surface area contributed by atoms with Crippen molar-refractivity contribution in [2.24, 2.45) is 4.99 Å². The Hall–Kier alpha value is -2.75. The fourth-order valence-electron chi connectivity index (χ4n) is 2.94. The number of hydrogen-bond acceptors (Lipinski definition) is 4. The van der Waals surface area contributed by atoms with Crippen LogP contribution >= 0.6 is 24.0 Å². The molecule has 0 fully saturated rings. The van der Waals surface area contributed by atoms with Crippen LogP contribution in [0.25, 0.3) is 0 Å². The number of guanidine groups is 1. The van der Waals surface area contributed by atoms with E-state index in [9.17, 15) is 0 Å². The first kappa shape index (κ1) is 23.5. The quantitative estimate of drug-likeness (QED) is 0.265. The van der Waals surface area contributed by atoms with Crippen LogP contribution in [0.4, 0.5) is 5.69 Å². The molecular formula is C22H28IN5O2. The Labute approximate surface area is 194 Å². The molecule has 0 radical (unpaired) electrons. The number of ether oxygens (including phenoxy) is 2. The average Bonchev–Trinajstić information content (AvgIpc) is 3.25. The highest BCUT2D eigenvalue weighted by Gasteiger charge is 2.07. The van der Waals surface area contributed by atoms with Gasteiger partial charge in [0.25, 0.3) is 0 Å². The molecular weight excluding hydrogens is 493 g/mol. The van der Waals surface area contributed by atoms with Crippen LogP contribution in [-0.2, 0) is 13.1 Å². The summed E-state index contributed by atoms with van der Waals surface area (Å²) in [6.07, 6.45) is 3.75. The van der Waals surface area contributed by atoms with Gasteiger partial charge in [-0.15, -0.1) is 24.0 Å². The number of aromatic nitrogens is 2. The summed E-state index contributed by atoms with van der Waals surface area (Å²) >= 11 is 0. The highest BCUT2D eigenvalue weighted by molar-refractivity contribution is 14.0. The number of anilines is 1. The average molecular weight is 521 g/mol. The summed E-state index contributed by atoms with van der Waals surface area (Å²) in [6.45, 7) is 3.92. The molecule has 0 saturated carbocycles. The van der Waals surface area contributed by atoms with Gasteiger partial charge in [-0.2, -0.15) is 5.10 Å². The lowest BCUT2D eigenvalue weighted by molar-refractivity contribution is 0.311. The molecule has 30 heavy (non-hydrogen) atoms. The second-order valence-electron chi connectivity index (χ2n) is 6.37. The third-order valence-electron chi connectivity index (χ3n) is 4.30. The van der Waals surface area contributed by atoms with Gasteiger partial charge in [0.2, 0.25) is 0 Å².